The van der Waals surface area contributed by atoms with Gasteiger partial charge in [0.15, 0.2) is 16.3 Å². The van der Waals surface area contributed by atoms with Crippen LogP contribution >= 0.6 is 11.8 Å². The van der Waals surface area contributed by atoms with Gasteiger partial charge in [-0.3, -0.25) is 18.7 Å². The predicted molar refractivity (Wildman–Crippen MR) is 111 cm³/mol. The van der Waals surface area contributed by atoms with Crippen LogP contribution in [0.15, 0.2) is 39.0 Å². The summed E-state index contributed by atoms with van der Waals surface area (Å²) in [5, 5.41) is 3.46. The Labute approximate surface area is 171 Å². The van der Waals surface area contributed by atoms with Gasteiger partial charge in [0.05, 0.1) is 7.11 Å². The summed E-state index contributed by atoms with van der Waals surface area (Å²) in [6, 6.07) is 7.50. The molecule has 0 atom stereocenters. The first-order valence-corrected chi connectivity index (χ1v) is 9.97. The molecule has 10 heteroatoms. The van der Waals surface area contributed by atoms with Gasteiger partial charge in [-0.15, -0.1) is 0 Å². The molecule has 0 unspecified atom stereocenters. The molecule has 2 aromatic heterocycles. The molecule has 0 fully saturated rings. The number of rotatable bonds is 7. The third-order valence-electron chi connectivity index (χ3n) is 4.63. The highest BCUT2D eigenvalue weighted by molar-refractivity contribution is 7.99. The number of nitrogens with zero attached hydrogens (tertiary/aromatic N) is 4. The van der Waals surface area contributed by atoms with Crippen LogP contribution < -0.4 is 21.3 Å². The van der Waals surface area contributed by atoms with Gasteiger partial charge in [0.25, 0.3) is 5.56 Å². The van der Waals surface area contributed by atoms with Crippen molar-refractivity contribution < 1.29 is 9.53 Å². The molecular weight excluding hydrogens is 394 g/mol. The molecule has 1 N–H and O–H groups in total. The Bertz CT molecular complexity index is 1160. The average molecular weight is 417 g/mol. The second-order valence-electron chi connectivity index (χ2n) is 6.55. The summed E-state index contributed by atoms with van der Waals surface area (Å²) < 4.78 is 9.25. The van der Waals surface area contributed by atoms with Crippen LogP contribution in [0.4, 0.5) is 0 Å². The van der Waals surface area contributed by atoms with Gasteiger partial charge in [-0.1, -0.05) is 23.9 Å². The van der Waals surface area contributed by atoms with E-state index in [-0.39, 0.29) is 11.4 Å². The summed E-state index contributed by atoms with van der Waals surface area (Å²) in [7, 11) is 6.39. The van der Waals surface area contributed by atoms with E-state index in [2.05, 4.69) is 10.3 Å². The third-order valence-corrected chi connectivity index (χ3v) is 5.66. The monoisotopic (exact) mass is 417 g/mol. The summed E-state index contributed by atoms with van der Waals surface area (Å²) in [6.07, 6.45) is 0.307. The molecular formula is C19H23N5O4S. The Morgan fingerprint density at radius 1 is 1.10 bits per heavy atom. The van der Waals surface area contributed by atoms with Gasteiger partial charge in [-0.2, -0.15) is 0 Å². The number of hydrogen-bond donors (Lipinski definition) is 1. The van der Waals surface area contributed by atoms with Crippen LogP contribution in [0.1, 0.15) is 12.0 Å². The number of methoxy groups -OCH3 is 1. The number of nitrogens with one attached hydrogen (secondary N) is 1. The van der Waals surface area contributed by atoms with Crippen molar-refractivity contribution in [3.8, 4) is 5.75 Å². The Hall–Kier alpha value is -3.01. The van der Waals surface area contributed by atoms with Crippen molar-refractivity contribution in [2.45, 2.75) is 18.1 Å². The van der Waals surface area contributed by atoms with Gasteiger partial charge in [0.2, 0.25) is 5.91 Å². The smallest absolute Gasteiger partial charge is 0.332 e. The van der Waals surface area contributed by atoms with E-state index in [4.69, 9.17) is 4.74 Å². The fraction of sp³-hybridized carbons (Fsp3) is 0.368. The molecule has 154 valence electrons. The molecule has 0 aliphatic carbocycles. The van der Waals surface area contributed by atoms with Crippen molar-refractivity contribution in [2.24, 2.45) is 21.1 Å². The summed E-state index contributed by atoms with van der Waals surface area (Å²) in [4.78, 5) is 40.9. The Balaban J connectivity index is 1.60. The average Bonchev–Trinajstić information content (AvgIpc) is 3.06. The zero-order valence-corrected chi connectivity index (χ0v) is 17.6. The van der Waals surface area contributed by atoms with Crippen molar-refractivity contribution in [3.63, 3.8) is 0 Å². The van der Waals surface area contributed by atoms with E-state index in [0.29, 0.717) is 29.5 Å². The summed E-state index contributed by atoms with van der Waals surface area (Å²) in [6.45, 7) is 0.442. The topological polar surface area (TPSA) is 100 Å². The number of benzene rings is 1. The third kappa shape index (κ3) is 4.21. The van der Waals surface area contributed by atoms with Crippen molar-refractivity contribution in [1.29, 1.82) is 0 Å². The lowest BCUT2D eigenvalue weighted by Gasteiger charge is -2.07. The highest BCUT2D eigenvalue weighted by Crippen LogP contribution is 2.20. The molecule has 3 rings (SSSR count). The van der Waals surface area contributed by atoms with Crippen LogP contribution in [0, 0.1) is 0 Å². The van der Waals surface area contributed by atoms with Gasteiger partial charge in [0.1, 0.15) is 5.75 Å². The number of aryl methyl sites for hydroxylation is 2. The molecule has 0 bridgehead atoms. The van der Waals surface area contributed by atoms with E-state index >= 15 is 0 Å². The van der Waals surface area contributed by atoms with E-state index in [1.165, 1.54) is 23.4 Å². The van der Waals surface area contributed by atoms with Gasteiger partial charge in [-0.05, 0) is 17.7 Å². The maximum atomic E-state index is 12.3. The molecule has 9 nitrogen and oxygen atoms in total. The molecule has 0 radical (unpaired) electrons. The number of imidazole rings is 1. The number of carbonyl (C=O) groups is 1. The molecule has 1 amide bonds. The molecule has 0 spiro atoms. The summed E-state index contributed by atoms with van der Waals surface area (Å²) >= 11 is 1.37. The lowest BCUT2D eigenvalue weighted by Crippen LogP contribution is -2.37. The zero-order valence-electron chi connectivity index (χ0n) is 16.8. The minimum absolute atomic E-state index is 0.0737. The number of hydrogen-bond acceptors (Lipinski definition) is 6. The van der Waals surface area contributed by atoms with Gasteiger partial charge in [-0.25, -0.2) is 9.78 Å². The van der Waals surface area contributed by atoms with E-state index < -0.39 is 11.2 Å². The summed E-state index contributed by atoms with van der Waals surface area (Å²) in [5.41, 5.74) is 0.856. The van der Waals surface area contributed by atoms with Crippen LogP contribution in [0.3, 0.4) is 0 Å². The number of fused-ring (bicyclic) bond motifs is 1. The molecule has 0 aliphatic rings. The first kappa shape index (κ1) is 20.7. The molecule has 29 heavy (non-hydrogen) atoms. The van der Waals surface area contributed by atoms with Crippen molar-refractivity contribution >= 4 is 28.8 Å². The van der Waals surface area contributed by atoms with Crippen molar-refractivity contribution in [3.05, 3.63) is 50.7 Å². The van der Waals surface area contributed by atoms with Crippen LogP contribution in [0.2, 0.25) is 0 Å². The number of thioether (sulfide) groups is 1. The maximum Gasteiger partial charge on any atom is 0.332 e. The van der Waals surface area contributed by atoms with E-state index in [1.807, 2.05) is 24.3 Å². The SMILES string of the molecule is COc1ccc(CNC(=O)CCSc2nc3c(=O)n(C)c(=O)n(C)c3n2C)cc1. The molecule has 2 heterocycles. The van der Waals surface area contributed by atoms with Crippen molar-refractivity contribution in [1.82, 2.24) is 24.0 Å². The minimum Gasteiger partial charge on any atom is -0.497 e. The van der Waals surface area contributed by atoms with E-state index in [9.17, 15) is 14.4 Å². The fourth-order valence-electron chi connectivity index (χ4n) is 2.96. The lowest BCUT2D eigenvalue weighted by molar-refractivity contribution is -0.120. The van der Waals surface area contributed by atoms with E-state index in [1.54, 1.807) is 25.8 Å². The summed E-state index contributed by atoms with van der Waals surface area (Å²) in [5.74, 6) is 1.20. The second kappa shape index (κ2) is 8.56. The zero-order chi connectivity index (χ0) is 21.1. The fourth-order valence-corrected chi connectivity index (χ4v) is 3.86. The van der Waals surface area contributed by atoms with Crippen molar-refractivity contribution in [2.75, 3.05) is 12.9 Å². The number of amides is 1. The highest BCUT2D eigenvalue weighted by atomic mass is 32.2. The van der Waals surface area contributed by atoms with Crippen LogP contribution in [0.25, 0.3) is 11.2 Å². The van der Waals surface area contributed by atoms with Gasteiger partial charge >= 0.3 is 5.69 Å². The molecule has 0 saturated carbocycles. The normalized spacial score (nSPS) is 11.0. The maximum absolute atomic E-state index is 12.3. The number of ether oxygens (including phenoxy) is 1. The molecule has 1 aromatic carbocycles. The number of carbonyl (C=O) groups excluding carboxylic acids is 1. The Morgan fingerprint density at radius 2 is 1.79 bits per heavy atom. The van der Waals surface area contributed by atoms with Crippen LogP contribution in [-0.4, -0.2) is 37.5 Å². The lowest BCUT2D eigenvalue weighted by atomic mass is 10.2. The molecule has 0 aliphatic heterocycles. The quantitative estimate of drug-likeness (QED) is 0.570. The predicted octanol–water partition coefficient (Wildman–Crippen LogP) is 0.778. The largest absolute Gasteiger partial charge is 0.497 e. The second-order valence-corrected chi connectivity index (χ2v) is 7.62. The number of aromatic nitrogens is 4. The highest BCUT2D eigenvalue weighted by Gasteiger charge is 2.17. The first-order chi connectivity index (χ1) is 13.8. The molecule has 3 aromatic rings. The molecule has 0 saturated heterocycles. The van der Waals surface area contributed by atoms with Gasteiger partial charge in [0, 0.05) is 39.9 Å². The standard InChI is InChI=1S/C19H23N5O4S/c1-22-16-15(17(26)24(3)19(27)23(16)2)21-18(22)29-10-9-14(25)20-11-12-5-7-13(28-4)8-6-12/h5-8H,9-11H2,1-4H3,(H,20,25). The van der Waals surface area contributed by atoms with Crippen LogP contribution in [-0.2, 0) is 32.5 Å². The van der Waals surface area contributed by atoms with Gasteiger partial charge < -0.3 is 14.6 Å². The Morgan fingerprint density at radius 3 is 2.45 bits per heavy atom. The minimum atomic E-state index is -0.428. The Kier molecular flexibility index (Phi) is 6.12. The van der Waals surface area contributed by atoms with Crippen LogP contribution in [0.5, 0.6) is 5.75 Å². The van der Waals surface area contributed by atoms with E-state index in [0.717, 1.165) is 15.9 Å². The first-order valence-electron chi connectivity index (χ1n) is 8.98.